The van der Waals surface area contributed by atoms with Crippen molar-refractivity contribution in [3.8, 4) is 10.6 Å². The second kappa shape index (κ2) is 7.80. The van der Waals surface area contributed by atoms with Gasteiger partial charge in [0, 0.05) is 30.4 Å². The van der Waals surface area contributed by atoms with Crippen molar-refractivity contribution >= 4 is 28.8 Å². The number of amides is 1. The van der Waals surface area contributed by atoms with Gasteiger partial charge in [0.15, 0.2) is 0 Å². The molecule has 0 atom stereocenters. The summed E-state index contributed by atoms with van der Waals surface area (Å²) in [6, 6.07) is 7.50. The fraction of sp³-hybridized carbons (Fsp3) is 0.278. The van der Waals surface area contributed by atoms with E-state index in [1.807, 2.05) is 50.6 Å². The first-order chi connectivity index (χ1) is 12.0. The summed E-state index contributed by atoms with van der Waals surface area (Å²) in [4.78, 5) is 17.6. The van der Waals surface area contributed by atoms with Gasteiger partial charge in [-0.15, -0.1) is 11.3 Å². The first-order valence-electron chi connectivity index (χ1n) is 8.02. The van der Waals surface area contributed by atoms with Crippen LogP contribution >= 0.6 is 22.9 Å². The lowest BCUT2D eigenvalue weighted by Crippen LogP contribution is -2.24. The van der Waals surface area contributed by atoms with Crippen molar-refractivity contribution in [2.24, 2.45) is 7.05 Å². The van der Waals surface area contributed by atoms with Crippen LogP contribution in [0.15, 0.2) is 36.7 Å². The van der Waals surface area contributed by atoms with Crippen molar-refractivity contribution in [3.63, 3.8) is 0 Å². The summed E-state index contributed by atoms with van der Waals surface area (Å²) >= 11 is 7.42. The van der Waals surface area contributed by atoms with E-state index in [1.54, 1.807) is 4.68 Å². The molecule has 0 aliphatic rings. The lowest BCUT2D eigenvalue weighted by molar-refractivity contribution is 0.0956. The fourth-order valence-electron chi connectivity index (χ4n) is 2.53. The summed E-state index contributed by atoms with van der Waals surface area (Å²) in [5.74, 6) is -0.0746. The molecule has 5 nitrogen and oxygen atoms in total. The van der Waals surface area contributed by atoms with Crippen LogP contribution in [0.4, 0.5) is 0 Å². The zero-order valence-electron chi connectivity index (χ0n) is 14.1. The number of thiazole rings is 1. The van der Waals surface area contributed by atoms with E-state index >= 15 is 0 Å². The lowest BCUT2D eigenvalue weighted by atomic mass is 10.2. The van der Waals surface area contributed by atoms with Crippen LogP contribution in [0.1, 0.15) is 27.3 Å². The predicted molar refractivity (Wildman–Crippen MR) is 101 cm³/mol. The third-order valence-electron chi connectivity index (χ3n) is 3.76. The minimum absolute atomic E-state index is 0.0746. The Kier molecular flexibility index (Phi) is 5.50. The molecule has 0 spiro atoms. The van der Waals surface area contributed by atoms with E-state index in [0.29, 0.717) is 16.4 Å². The molecule has 130 valence electrons. The Balaban J connectivity index is 1.58. The summed E-state index contributed by atoms with van der Waals surface area (Å²) in [5, 5.41) is 8.58. The van der Waals surface area contributed by atoms with Gasteiger partial charge in [-0.3, -0.25) is 9.48 Å². The van der Waals surface area contributed by atoms with Crippen molar-refractivity contribution in [1.29, 1.82) is 0 Å². The van der Waals surface area contributed by atoms with Crippen LogP contribution in [0, 0.1) is 6.92 Å². The molecule has 0 bridgehead atoms. The average molecular weight is 375 g/mol. The fourth-order valence-corrected chi connectivity index (χ4v) is 3.70. The molecule has 1 N–H and O–H groups in total. The number of halogens is 1. The third kappa shape index (κ3) is 4.46. The summed E-state index contributed by atoms with van der Waals surface area (Å²) in [7, 11) is 1.90. The van der Waals surface area contributed by atoms with E-state index in [2.05, 4.69) is 15.4 Å². The second-order valence-corrected chi connectivity index (χ2v) is 7.26. The molecule has 7 heteroatoms. The van der Waals surface area contributed by atoms with Crippen molar-refractivity contribution in [2.45, 2.75) is 19.8 Å². The molecule has 0 radical (unpaired) electrons. The minimum atomic E-state index is -0.0746. The van der Waals surface area contributed by atoms with E-state index < -0.39 is 0 Å². The van der Waals surface area contributed by atoms with Crippen LogP contribution in [0.2, 0.25) is 5.02 Å². The number of aryl methyl sites for hydroxylation is 3. The van der Waals surface area contributed by atoms with Gasteiger partial charge in [-0.25, -0.2) is 4.98 Å². The highest BCUT2D eigenvalue weighted by molar-refractivity contribution is 7.17. The summed E-state index contributed by atoms with van der Waals surface area (Å²) in [6.45, 7) is 2.48. The maximum Gasteiger partial charge on any atom is 0.263 e. The molecule has 0 aliphatic heterocycles. The molecular formula is C18H19ClN4OS. The van der Waals surface area contributed by atoms with Crippen LogP contribution in [0.3, 0.4) is 0 Å². The van der Waals surface area contributed by atoms with Crippen molar-refractivity contribution in [2.75, 3.05) is 6.54 Å². The van der Waals surface area contributed by atoms with Gasteiger partial charge < -0.3 is 5.32 Å². The maximum absolute atomic E-state index is 12.4. The van der Waals surface area contributed by atoms with E-state index in [0.717, 1.165) is 29.1 Å². The van der Waals surface area contributed by atoms with Gasteiger partial charge in [0.05, 0.1) is 11.9 Å². The quantitative estimate of drug-likeness (QED) is 0.666. The molecular weight excluding hydrogens is 356 g/mol. The van der Waals surface area contributed by atoms with Gasteiger partial charge in [0.1, 0.15) is 9.88 Å². The largest absolute Gasteiger partial charge is 0.351 e. The predicted octanol–water partition coefficient (Wildman–Crippen LogP) is 3.87. The molecule has 1 aromatic carbocycles. The normalized spacial score (nSPS) is 10.8. The van der Waals surface area contributed by atoms with Crippen LogP contribution in [0.25, 0.3) is 10.6 Å². The molecule has 2 aromatic heterocycles. The molecule has 25 heavy (non-hydrogen) atoms. The first-order valence-corrected chi connectivity index (χ1v) is 9.21. The summed E-state index contributed by atoms with van der Waals surface area (Å²) in [6.07, 6.45) is 5.61. The number of aromatic nitrogens is 3. The molecule has 3 aromatic rings. The molecule has 1 amide bonds. The smallest absolute Gasteiger partial charge is 0.263 e. The average Bonchev–Trinajstić information content (AvgIpc) is 3.17. The van der Waals surface area contributed by atoms with Gasteiger partial charge in [0.2, 0.25) is 0 Å². The Morgan fingerprint density at radius 3 is 2.96 bits per heavy atom. The maximum atomic E-state index is 12.4. The zero-order chi connectivity index (χ0) is 17.8. The number of rotatable bonds is 6. The molecule has 0 saturated heterocycles. The van der Waals surface area contributed by atoms with E-state index in [9.17, 15) is 4.79 Å². The Morgan fingerprint density at radius 2 is 2.24 bits per heavy atom. The number of nitrogens with one attached hydrogen (secondary N) is 1. The van der Waals surface area contributed by atoms with Crippen LogP contribution in [-0.2, 0) is 13.5 Å². The van der Waals surface area contributed by atoms with E-state index in [1.165, 1.54) is 16.9 Å². The number of carbonyl (C=O) groups is 1. The van der Waals surface area contributed by atoms with Gasteiger partial charge in [-0.05, 0) is 37.5 Å². The second-order valence-electron chi connectivity index (χ2n) is 5.83. The Hall–Kier alpha value is -2.18. The van der Waals surface area contributed by atoms with Crippen molar-refractivity contribution in [3.05, 3.63) is 57.8 Å². The van der Waals surface area contributed by atoms with Crippen LogP contribution in [0.5, 0.6) is 0 Å². The van der Waals surface area contributed by atoms with E-state index in [4.69, 9.17) is 11.6 Å². The van der Waals surface area contributed by atoms with Gasteiger partial charge in [0.25, 0.3) is 5.91 Å². The first kappa shape index (κ1) is 17.6. The summed E-state index contributed by atoms with van der Waals surface area (Å²) in [5.41, 5.74) is 2.84. The third-order valence-corrected chi connectivity index (χ3v) is 5.20. The van der Waals surface area contributed by atoms with Crippen molar-refractivity contribution in [1.82, 2.24) is 20.1 Å². The van der Waals surface area contributed by atoms with Gasteiger partial charge >= 0.3 is 0 Å². The Bertz CT molecular complexity index is 887. The monoisotopic (exact) mass is 374 g/mol. The molecule has 0 fully saturated rings. The van der Waals surface area contributed by atoms with E-state index in [-0.39, 0.29) is 5.91 Å². The number of benzene rings is 1. The molecule has 0 unspecified atom stereocenters. The van der Waals surface area contributed by atoms with Crippen LogP contribution < -0.4 is 5.32 Å². The standard InChI is InChI=1S/C18H19ClN4OS/c1-12-16(25-18(22-12)14-6-3-7-15(19)9-14)17(24)20-8-4-5-13-10-21-23(2)11-13/h3,6-7,9-11H,4-5,8H2,1-2H3,(H,20,24). The zero-order valence-corrected chi connectivity index (χ0v) is 15.7. The van der Waals surface area contributed by atoms with Gasteiger partial charge in [-0.2, -0.15) is 5.10 Å². The highest BCUT2D eigenvalue weighted by Crippen LogP contribution is 2.29. The Morgan fingerprint density at radius 1 is 1.40 bits per heavy atom. The number of carbonyl (C=O) groups excluding carboxylic acids is 1. The summed E-state index contributed by atoms with van der Waals surface area (Å²) < 4.78 is 1.78. The van der Waals surface area contributed by atoms with Gasteiger partial charge in [-0.1, -0.05) is 23.7 Å². The number of nitrogens with zero attached hydrogens (tertiary/aromatic N) is 3. The molecule has 0 aliphatic carbocycles. The molecule has 3 rings (SSSR count). The topological polar surface area (TPSA) is 59.8 Å². The van der Waals surface area contributed by atoms with Crippen molar-refractivity contribution < 1.29 is 4.79 Å². The highest BCUT2D eigenvalue weighted by atomic mass is 35.5. The van der Waals surface area contributed by atoms with Crippen LogP contribution in [-0.4, -0.2) is 27.2 Å². The minimum Gasteiger partial charge on any atom is -0.351 e. The SMILES string of the molecule is Cc1nc(-c2cccc(Cl)c2)sc1C(=O)NCCCc1cnn(C)c1. The number of hydrogen-bond acceptors (Lipinski definition) is 4. The Labute approximate surface area is 155 Å². The molecule has 2 heterocycles. The highest BCUT2D eigenvalue weighted by Gasteiger charge is 2.16. The molecule has 0 saturated carbocycles. The lowest BCUT2D eigenvalue weighted by Gasteiger charge is -2.03. The number of hydrogen-bond donors (Lipinski definition) is 1.